The Hall–Kier alpha value is -1.73. The van der Waals surface area contributed by atoms with Gasteiger partial charge in [-0.05, 0) is 75.6 Å². The maximum absolute atomic E-state index is 4.75. The molecule has 0 aliphatic heterocycles. The van der Waals surface area contributed by atoms with E-state index in [0.717, 1.165) is 11.3 Å². The molecule has 0 saturated carbocycles. The summed E-state index contributed by atoms with van der Waals surface area (Å²) in [7, 11) is 0. The molecule has 126 valence electrons. The topological polar surface area (TPSA) is 0 Å². The summed E-state index contributed by atoms with van der Waals surface area (Å²) in [6.07, 6.45) is 5.75. The molecule has 1 heteroatoms. The van der Waals surface area contributed by atoms with Crippen molar-refractivity contribution >= 4 is 23.1 Å². The molecule has 0 fully saturated rings. The molecule has 0 heterocycles. The third kappa shape index (κ3) is 1.96. The standard InChI is InChI=1S/C24H24S/c1-13-11-23(2,3)20-7-14-6-15-8-21-19(22(25)12-24(21,4)5)10-18(15)17(14)9-16(13)20/h7-12,25H,6H2,1-5H3. The molecule has 0 aromatic heterocycles. The molecule has 0 amide bonds. The number of hydrogen-bond acceptors (Lipinski definition) is 1. The molecule has 0 radical (unpaired) electrons. The summed E-state index contributed by atoms with van der Waals surface area (Å²) < 4.78 is 0. The van der Waals surface area contributed by atoms with E-state index in [0.29, 0.717) is 0 Å². The first-order valence-corrected chi connectivity index (χ1v) is 9.59. The third-order valence-corrected chi connectivity index (χ3v) is 6.69. The fourth-order valence-electron chi connectivity index (χ4n) is 5.09. The van der Waals surface area contributed by atoms with Crippen molar-refractivity contribution in [2.45, 2.75) is 51.9 Å². The highest BCUT2D eigenvalue weighted by Gasteiger charge is 2.34. The Morgan fingerprint density at radius 3 is 1.88 bits per heavy atom. The van der Waals surface area contributed by atoms with Crippen LogP contribution in [-0.4, -0.2) is 0 Å². The number of hydrogen-bond donors (Lipinski definition) is 1. The smallest absolute Gasteiger partial charge is 0.00959 e. The number of allylic oxidation sites excluding steroid dienone is 3. The SMILES string of the molecule is CC1=CC(C)(C)c2cc3c(cc21)-c1cc2c(cc1C3)C(C)(C)C=C2S. The van der Waals surface area contributed by atoms with Gasteiger partial charge in [-0.25, -0.2) is 0 Å². The molecular weight excluding hydrogens is 320 g/mol. The zero-order chi connectivity index (χ0) is 17.7. The number of thiol groups is 1. The number of fused-ring (bicyclic) bond motifs is 5. The van der Waals surface area contributed by atoms with Crippen LogP contribution in [0.4, 0.5) is 0 Å². The van der Waals surface area contributed by atoms with Gasteiger partial charge in [0, 0.05) is 15.7 Å². The molecule has 0 spiro atoms. The van der Waals surface area contributed by atoms with E-state index in [9.17, 15) is 0 Å². The van der Waals surface area contributed by atoms with Crippen LogP contribution in [0.3, 0.4) is 0 Å². The largest absolute Gasteiger partial charge is 0.143 e. The summed E-state index contributed by atoms with van der Waals surface area (Å²) >= 11 is 4.75. The van der Waals surface area contributed by atoms with Crippen LogP contribution in [0.5, 0.6) is 0 Å². The predicted molar refractivity (Wildman–Crippen MR) is 111 cm³/mol. The van der Waals surface area contributed by atoms with E-state index < -0.39 is 0 Å². The van der Waals surface area contributed by atoms with Gasteiger partial charge in [0.1, 0.15) is 0 Å². The van der Waals surface area contributed by atoms with Crippen LogP contribution in [0.25, 0.3) is 21.6 Å². The number of benzene rings is 2. The van der Waals surface area contributed by atoms with Gasteiger partial charge in [0.2, 0.25) is 0 Å². The molecular formula is C24H24S. The normalized spacial score (nSPS) is 20.6. The summed E-state index contributed by atoms with van der Waals surface area (Å²) in [5.41, 5.74) is 13.1. The summed E-state index contributed by atoms with van der Waals surface area (Å²) in [6.45, 7) is 11.5. The minimum atomic E-state index is 0.0826. The first kappa shape index (κ1) is 15.5. The molecule has 0 atom stereocenters. The molecule has 3 aliphatic rings. The van der Waals surface area contributed by atoms with Crippen LogP contribution in [-0.2, 0) is 17.3 Å². The Balaban J connectivity index is 1.73. The minimum absolute atomic E-state index is 0.0826. The van der Waals surface area contributed by atoms with Crippen molar-refractivity contribution in [2.24, 2.45) is 0 Å². The fourth-order valence-corrected chi connectivity index (χ4v) is 5.59. The van der Waals surface area contributed by atoms with Crippen LogP contribution in [0, 0.1) is 0 Å². The van der Waals surface area contributed by atoms with Crippen LogP contribution < -0.4 is 0 Å². The van der Waals surface area contributed by atoms with Gasteiger partial charge in [-0.1, -0.05) is 52.0 Å². The van der Waals surface area contributed by atoms with Crippen LogP contribution in [0.15, 0.2) is 36.4 Å². The molecule has 0 nitrogen and oxygen atoms in total. The van der Waals surface area contributed by atoms with Gasteiger partial charge in [0.25, 0.3) is 0 Å². The highest BCUT2D eigenvalue weighted by molar-refractivity contribution is 7.90. The second kappa shape index (κ2) is 4.51. The molecule has 0 bridgehead atoms. The van der Waals surface area contributed by atoms with E-state index in [1.54, 1.807) is 0 Å². The summed E-state index contributed by atoms with van der Waals surface area (Å²) in [5, 5.41) is 0. The molecule has 0 saturated heterocycles. The van der Waals surface area contributed by atoms with Gasteiger partial charge in [-0.15, -0.1) is 12.6 Å². The molecule has 0 unspecified atom stereocenters. The van der Waals surface area contributed by atoms with Crippen molar-refractivity contribution in [1.29, 1.82) is 0 Å². The zero-order valence-corrected chi connectivity index (χ0v) is 16.5. The Bertz CT molecular complexity index is 945. The van der Waals surface area contributed by atoms with Gasteiger partial charge in [0.05, 0.1) is 0 Å². The Kier molecular flexibility index (Phi) is 2.80. The van der Waals surface area contributed by atoms with Crippen molar-refractivity contribution in [1.82, 2.24) is 0 Å². The van der Waals surface area contributed by atoms with Crippen molar-refractivity contribution in [3.8, 4) is 11.1 Å². The van der Waals surface area contributed by atoms with Crippen LogP contribution >= 0.6 is 12.6 Å². The molecule has 2 aromatic carbocycles. The average Bonchev–Trinajstić information content (AvgIpc) is 3.06. The van der Waals surface area contributed by atoms with E-state index in [-0.39, 0.29) is 10.8 Å². The minimum Gasteiger partial charge on any atom is -0.143 e. The summed E-state index contributed by atoms with van der Waals surface area (Å²) in [4.78, 5) is 1.12. The third-order valence-electron chi connectivity index (χ3n) is 6.32. The van der Waals surface area contributed by atoms with Crippen molar-refractivity contribution in [3.05, 3.63) is 69.8 Å². The summed E-state index contributed by atoms with van der Waals surface area (Å²) in [5.74, 6) is 0. The Labute approximate surface area is 156 Å². The first-order chi connectivity index (χ1) is 11.7. The van der Waals surface area contributed by atoms with Crippen molar-refractivity contribution in [3.63, 3.8) is 0 Å². The highest BCUT2D eigenvalue weighted by Crippen LogP contribution is 2.50. The van der Waals surface area contributed by atoms with Crippen molar-refractivity contribution < 1.29 is 0 Å². The molecule has 25 heavy (non-hydrogen) atoms. The van der Waals surface area contributed by atoms with Gasteiger partial charge >= 0.3 is 0 Å². The maximum Gasteiger partial charge on any atom is 0.00959 e. The maximum atomic E-state index is 4.75. The molecule has 5 rings (SSSR count). The quantitative estimate of drug-likeness (QED) is 0.441. The lowest BCUT2D eigenvalue weighted by Gasteiger charge is -2.19. The van der Waals surface area contributed by atoms with E-state index in [4.69, 9.17) is 12.6 Å². The van der Waals surface area contributed by atoms with Gasteiger partial charge in [0.15, 0.2) is 0 Å². The lowest BCUT2D eigenvalue weighted by molar-refractivity contribution is 0.682. The van der Waals surface area contributed by atoms with E-state index in [1.807, 2.05) is 0 Å². The van der Waals surface area contributed by atoms with Gasteiger partial charge in [-0.2, -0.15) is 0 Å². The second-order valence-corrected chi connectivity index (χ2v) is 9.57. The fraction of sp³-hybridized carbons (Fsp3) is 0.333. The lowest BCUT2D eigenvalue weighted by atomic mass is 9.84. The lowest BCUT2D eigenvalue weighted by Crippen LogP contribution is -2.11. The van der Waals surface area contributed by atoms with E-state index in [1.165, 1.54) is 50.1 Å². The Morgan fingerprint density at radius 2 is 1.24 bits per heavy atom. The average molecular weight is 345 g/mol. The van der Waals surface area contributed by atoms with Crippen molar-refractivity contribution in [2.75, 3.05) is 0 Å². The van der Waals surface area contributed by atoms with E-state index >= 15 is 0 Å². The summed E-state index contributed by atoms with van der Waals surface area (Å²) in [6, 6.07) is 9.72. The zero-order valence-electron chi connectivity index (χ0n) is 15.6. The van der Waals surface area contributed by atoms with E-state index in [2.05, 4.69) is 71.0 Å². The monoisotopic (exact) mass is 344 g/mol. The molecule has 2 aromatic rings. The van der Waals surface area contributed by atoms with Gasteiger partial charge < -0.3 is 0 Å². The highest BCUT2D eigenvalue weighted by atomic mass is 32.1. The predicted octanol–water partition coefficient (Wildman–Crippen LogP) is 6.51. The van der Waals surface area contributed by atoms with Crippen LogP contribution in [0.2, 0.25) is 0 Å². The Morgan fingerprint density at radius 1 is 0.720 bits per heavy atom. The second-order valence-electron chi connectivity index (χ2n) is 9.09. The van der Waals surface area contributed by atoms with Gasteiger partial charge in [-0.3, -0.25) is 0 Å². The first-order valence-electron chi connectivity index (χ1n) is 9.14. The molecule has 0 N–H and O–H groups in total. The number of rotatable bonds is 0. The van der Waals surface area contributed by atoms with Crippen LogP contribution in [0.1, 0.15) is 68.0 Å². The molecule has 3 aliphatic carbocycles.